The summed E-state index contributed by atoms with van der Waals surface area (Å²) in [5, 5.41) is 2.46. The fourth-order valence-corrected chi connectivity index (χ4v) is 3.71. The van der Waals surface area contributed by atoms with Crippen molar-refractivity contribution in [2.45, 2.75) is 65.7 Å². The van der Waals surface area contributed by atoms with Gasteiger partial charge in [0.2, 0.25) is 5.75 Å². The van der Waals surface area contributed by atoms with Crippen molar-refractivity contribution in [3.05, 3.63) is 47.8 Å². The van der Waals surface area contributed by atoms with E-state index in [0.29, 0.717) is 12.8 Å². The lowest BCUT2D eigenvalue weighted by Gasteiger charge is -2.31. The lowest BCUT2D eigenvalue weighted by atomic mass is 9.93. The first kappa shape index (κ1) is 29.5. The number of carbonyl (C=O) groups is 3. The summed E-state index contributed by atoms with van der Waals surface area (Å²) in [5.41, 5.74) is -0.262. The molecule has 1 heterocycles. The summed E-state index contributed by atoms with van der Waals surface area (Å²) in [6.07, 6.45) is 0.897. The molecular weight excluding hydrogens is 490 g/mol. The van der Waals surface area contributed by atoms with E-state index in [4.69, 9.17) is 18.9 Å². The van der Waals surface area contributed by atoms with Crippen LogP contribution in [0.5, 0.6) is 17.2 Å². The Kier molecular flexibility index (Phi) is 10.8. The van der Waals surface area contributed by atoms with Crippen LogP contribution in [0.1, 0.15) is 57.9 Å². The second kappa shape index (κ2) is 13.5. The molecule has 1 aromatic heterocycles. The van der Waals surface area contributed by atoms with E-state index < -0.39 is 47.7 Å². The summed E-state index contributed by atoms with van der Waals surface area (Å²) >= 11 is 0. The Bertz CT molecular complexity index is 1110. The highest BCUT2D eigenvalue weighted by Crippen LogP contribution is 2.30. The number of hydrogen-bond donors (Lipinski definition) is 1. The van der Waals surface area contributed by atoms with Gasteiger partial charge in [0.1, 0.15) is 24.1 Å². The number of aromatic nitrogens is 1. The van der Waals surface area contributed by atoms with E-state index in [1.165, 1.54) is 26.3 Å². The zero-order valence-corrected chi connectivity index (χ0v) is 21.7. The van der Waals surface area contributed by atoms with Crippen LogP contribution in [0.2, 0.25) is 0 Å². The number of nitrogens with zero attached hydrogens (tertiary/aromatic N) is 1. The third-order valence-corrected chi connectivity index (χ3v) is 5.68. The molecule has 0 aliphatic carbocycles. The molecule has 202 valence electrons. The third kappa shape index (κ3) is 7.86. The van der Waals surface area contributed by atoms with E-state index in [1.54, 1.807) is 6.92 Å². The first-order valence-corrected chi connectivity index (χ1v) is 11.9. The quantitative estimate of drug-likeness (QED) is 0.412. The van der Waals surface area contributed by atoms with Gasteiger partial charge in [-0.3, -0.25) is 9.59 Å². The maximum absolute atomic E-state index is 14.2. The van der Waals surface area contributed by atoms with E-state index >= 15 is 0 Å². The first-order chi connectivity index (χ1) is 17.5. The van der Waals surface area contributed by atoms with Crippen molar-refractivity contribution in [2.24, 2.45) is 5.92 Å². The predicted molar refractivity (Wildman–Crippen MR) is 129 cm³/mol. The van der Waals surface area contributed by atoms with Crippen LogP contribution in [-0.2, 0) is 14.3 Å². The number of nitrogens with one attached hydrogen (secondary N) is 1. The van der Waals surface area contributed by atoms with Gasteiger partial charge in [-0.15, -0.1) is 0 Å². The van der Waals surface area contributed by atoms with E-state index in [9.17, 15) is 23.2 Å². The number of benzene rings is 1. The largest absolute Gasteiger partial charge is 0.493 e. The lowest BCUT2D eigenvalue weighted by Crippen LogP contribution is -2.45. The van der Waals surface area contributed by atoms with E-state index in [2.05, 4.69) is 10.3 Å². The summed E-state index contributed by atoms with van der Waals surface area (Å²) < 4.78 is 49.4. The Balaban J connectivity index is 2.18. The normalized spacial score (nSPS) is 13.3. The molecule has 2 aromatic rings. The fourth-order valence-electron chi connectivity index (χ4n) is 3.71. The van der Waals surface area contributed by atoms with Gasteiger partial charge in [0.25, 0.3) is 5.91 Å². The minimum absolute atomic E-state index is 0.106. The van der Waals surface area contributed by atoms with Gasteiger partial charge in [-0.25, -0.2) is 18.6 Å². The lowest BCUT2D eigenvalue weighted by molar-refractivity contribution is -0.156. The van der Waals surface area contributed by atoms with Gasteiger partial charge in [0, 0.05) is 25.3 Å². The minimum Gasteiger partial charge on any atom is -0.493 e. The van der Waals surface area contributed by atoms with Crippen LogP contribution in [0.25, 0.3) is 0 Å². The molecule has 2 rings (SSSR count). The number of methoxy groups -OCH3 is 1. The van der Waals surface area contributed by atoms with E-state index in [0.717, 1.165) is 25.1 Å². The molecule has 0 bridgehead atoms. The summed E-state index contributed by atoms with van der Waals surface area (Å²) in [5.74, 6) is -4.21. The highest BCUT2D eigenvalue weighted by atomic mass is 19.1. The average molecular weight is 523 g/mol. The molecule has 0 saturated carbocycles. The van der Waals surface area contributed by atoms with Gasteiger partial charge in [-0.1, -0.05) is 13.8 Å². The Morgan fingerprint density at radius 3 is 2.32 bits per heavy atom. The van der Waals surface area contributed by atoms with Crippen LogP contribution in [0.15, 0.2) is 30.5 Å². The van der Waals surface area contributed by atoms with Crippen LogP contribution >= 0.6 is 0 Å². The topological polar surface area (TPSA) is 113 Å². The molecule has 1 aromatic carbocycles. The first-order valence-electron chi connectivity index (χ1n) is 11.9. The van der Waals surface area contributed by atoms with Gasteiger partial charge in [-0.05, 0) is 44.7 Å². The van der Waals surface area contributed by atoms with Crippen LogP contribution in [0.3, 0.4) is 0 Å². The second-order valence-corrected chi connectivity index (χ2v) is 8.36. The Hall–Kier alpha value is -3.76. The van der Waals surface area contributed by atoms with Crippen molar-refractivity contribution in [1.82, 2.24) is 10.3 Å². The van der Waals surface area contributed by atoms with Crippen molar-refractivity contribution in [2.75, 3.05) is 7.11 Å². The minimum atomic E-state index is -1.14. The highest BCUT2D eigenvalue weighted by Gasteiger charge is 2.32. The van der Waals surface area contributed by atoms with Gasteiger partial charge in [0.05, 0.1) is 7.11 Å². The standard InChI is InChI=1S/C26H32F2N2O7/c1-7-17(8-2)23(37-21-13-18(27)9-10-19(21)28)15(4)35-26(33)14(3)30-25(32)22-24(36-16(5)31)20(34-6)11-12-29-22/h9-15,17,23H,7-8H2,1-6H3,(H,30,32)/t14-,15-,23-/m0/s1. The molecule has 0 aliphatic heterocycles. The summed E-state index contributed by atoms with van der Waals surface area (Å²) in [7, 11) is 1.33. The maximum Gasteiger partial charge on any atom is 0.328 e. The molecule has 3 atom stereocenters. The molecule has 9 nitrogen and oxygen atoms in total. The smallest absolute Gasteiger partial charge is 0.328 e. The molecule has 0 saturated heterocycles. The number of rotatable bonds is 12. The Morgan fingerprint density at radius 1 is 1.05 bits per heavy atom. The predicted octanol–water partition coefficient (Wildman–Crippen LogP) is 4.23. The van der Waals surface area contributed by atoms with Crippen LogP contribution in [-0.4, -0.2) is 48.2 Å². The molecule has 0 aliphatic rings. The monoisotopic (exact) mass is 522 g/mol. The molecule has 0 radical (unpaired) electrons. The van der Waals surface area contributed by atoms with Crippen molar-refractivity contribution in [1.29, 1.82) is 0 Å². The van der Waals surface area contributed by atoms with Crippen LogP contribution in [0, 0.1) is 17.6 Å². The highest BCUT2D eigenvalue weighted by molar-refractivity contribution is 5.98. The van der Waals surface area contributed by atoms with E-state index in [1.807, 2.05) is 13.8 Å². The molecule has 0 spiro atoms. The van der Waals surface area contributed by atoms with Gasteiger partial charge in [0.15, 0.2) is 23.0 Å². The summed E-state index contributed by atoms with van der Waals surface area (Å²) in [6, 6.07) is 3.14. The summed E-state index contributed by atoms with van der Waals surface area (Å²) in [4.78, 5) is 41.1. The SMILES string of the molecule is CCC(CC)[C@@H](Oc1cc(F)ccc1F)[C@H](C)OC(=O)[C@H](C)NC(=O)c1nccc(OC)c1OC(C)=O. The van der Waals surface area contributed by atoms with Gasteiger partial charge in [-0.2, -0.15) is 0 Å². The second-order valence-electron chi connectivity index (χ2n) is 8.36. The zero-order valence-electron chi connectivity index (χ0n) is 21.7. The average Bonchev–Trinajstić information content (AvgIpc) is 2.85. The van der Waals surface area contributed by atoms with Crippen molar-refractivity contribution in [3.8, 4) is 17.2 Å². The summed E-state index contributed by atoms with van der Waals surface area (Å²) in [6.45, 7) is 7.95. The third-order valence-electron chi connectivity index (χ3n) is 5.68. The Labute approximate surface area is 214 Å². The molecule has 0 unspecified atom stereocenters. The van der Waals surface area contributed by atoms with Gasteiger partial charge < -0.3 is 24.3 Å². The number of ether oxygens (including phenoxy) is 4. The zero-order chi connectivity index (χ0) is 27.7. The molecule has 37 heavy (non-hydrogen) atoms. The van der Waals surface area contributed by atoms with Crippen molar-refractivity contribution < 1.29 is 42.1 Å². The van der Waals surface area contributed by atoms with Crippen LogP contribution < -0.4 is 19.5 Å². The number of carbonyl (C=O) groups excluding carboxylic acids is 3. The molecule has 11 heteroatoms. The number of pyridine rings is 1. The molecule has 1 amide bonds. The number of amides is 1. The number of halogens is 2. The molecular formula is C26H32F2N2O7. The van der Waals surface area contributed by atoms with Crippen molar-refractivity contribution in [3.63, 3.8) is 0 Å². The maximum atomic E-state index is 14.2. The van der Waals surface area contributed by atoms with Gasteiger partial charge >= 0.3 is 11.9 Å². The van der Waals surface area contributed by atoms with Crippen molar-refractivity contribution >= 4 is 17.8 Å². The molecule has 1 N–H and O–H groups in total. The van der Waals surface area contributed by atoms with E-state index in [-0.39, 0.29) is 28.9 Å². The fraction of sp³-hybridized carbons (Fsp3) is 0.462. The van der Waals surface area contributed by atoms with Crippen LogP contribution in [0.4, 0.5) is 8.78 Å². The molecule has 0 fully saturated rings. The Morgan fingerprint density at radius 2 is 1.73 bits per heavy atom. The number of esters is 2. The number of hydrogen-bond acceptors (Lipinski definition) is 8.